The maximum absolute atomic E-state index is 12.7. The highest BCUT2D eigenvalue weighted by Gasteiger charge is 2.34. The second-order valence-electron chi connectivity index (χ2n) is 11.6. The lowest BCUT2D eigenvalue weighted by molar-refractivity contribution is 0.0193. The molecule has 1 saturated heterocycles. The molecule has 0 saturated carbocycles. The van der Waals surface area contributed by atoms with E-state index in [2.05, 4.69) is 65.2 Å². The minimum Gasteiger partial charge on any atom is -0.444 e. The molecule has 0 spiro atoms. The number of nitrogens with zero attached hydrogens (tertiary/aromatic N) is 6. The summed E-state index contributed by atoms with van der Waals surface area (Å²) in [4.78, 5) is 26.1. The molecule has 2 aromatic carbocycles. The Morgan fingerprint density at radius 2 is 1.62 bits per heavy atom. The maximum Gasteiger partial charge on any atom is 0.410 e. The Hall–Kier alpha value is -4.46. The number of aromatic nitrogens is 4. The lowest BCUT2D eigenvalue weighted by atomic mass is 10.0. The summed E-state index contributed by atoms with van der Waals surface area (Å²) < 4.78 is 7.45. The quantitative estimate of drug-likeness (QED) is 0.265. The molecule has 4 heterocycles. The molecule has 5 aromatic rings. The van der Waals surface area contributed by atoms with Crippen LogP contribution in [-0.2, 0) is 4.74 Å². The summed E-state index contributed by atoms with van der Waals surface area (Å²) in [5.41, 5.74) is 6.50. The summed E-state index contributed by atoms with van der Waals surface area (Å²) in [6.07, 6.45) is 7.36. The Bertz CT molecular complexity index is 1670. The molecule has 0 aliphatic carbocycles. The zero-order chi connectivity index (χ0) is 28.0. The van der Waals surface area contributed by atoms with Gasteiger partial charge in [-0.25, -0.2) is 14.3 Å². The third-order valence-corrected chi connectivity index (χ3v) is 7.36. The number of benzene rings is 2. The lowest BCUT2D eigenvalue weighted by Gasteiger charge is -2.45. The molecule has 0 bridgehead atoms. The number of ether oxygens (including phenoxy) is 1. The van der Waals surface area contributed by atoms with Gasteiger partial charge in [0.25, 0.3) is 0 Å². The van der Waals surface area contributed by atoms with Crippen molar-refractivity contribution in [2.75, 3.05) is 18.0 Å². The number of hydrogen-bond donors (Lipinski definition) is 0. The molecule has 1 aliphatic heterocycles. The van der Waals surface area contributed by atoms with E-state index in [0.717, 1.165) is 44.5 Å². The molecule has 1 aliphatic rings. The number of pyridine rings is 1. The number of rotatable bonds is 3. The summed E-state index contributed by atoms with van der Waals surface area (Å²) >= 11 is 0. The summed E-state index contributed by atoms with van der Waals surface area (Å²) in [7, 11) is 0. The molecule has 204 valence electrons. The number of piperazine rings is 1. The van der Waals surface area contributed by atoms with Crippen LogP contribution in [0.25, 0.3) is 38.8 Å². The molecule has 2 atom stereocenters. The standard InChI is InChI=1S/C32H34N6O2/c1-21-18-36(31(39)40-32(3,4)5)19-22(2)38(21)25-13-11-23(12-14-25)24-16-34-30-28(17-35-37(30)20-24)26-8-6-10-29-27(26)9-7-15-33-29/h6-17,20-22H,18-19H2,1-5H3/t21-,22+. The minimum absolute atomic E-state index is 0.159. The van der Waals surface area contributed by atoms with Gasteiger partial charge in [-0.3, -0.25) is 4.98 Å². The van der Waals surface area contributed by atoms with Gasteiger partial charge in [0.05, 0.1) is 11.7 Å². The highest BCUT2D eigenvalue weighted by Crippen LogP contribution is 2.32. The Labute approximate surface area is 234 Å². The van der Waals surface area contributed by atoms with Gasteiger partial charge in [0.1, 0.15) is 5.60 Å². The van der Waals surface area contributed by atoms with E-state index < -0.39 is 5.60 Å². The van der Waals surface area contributed by atoms with Gasteiger partial charge in [0.2, 0.25) is 0 Å². The molecule has 0 N–H and O–H groups in total. The van der Waals surface area contributed by atoms with Crippen LogP contribution in [0.5, 0.6) is 0 Å². The first kappa shape index (κ1) is 25.8. The molecule has 3 aromatic heterocycles. The van der Waals surface area contributed by atoms with E-state index in [4.69, 9.17) is 9.72 Å². The Balaban J connectivity index is 1.22. The van der Waals surface area contributed by atoms with E-state index in [1.807, 2.05) is 73.2 Å². The van der Waals surface area contributed by atoms with Gasteiger partial charge in [-0.1, -0.05) is 30.3 Å². The number of carbonyl (C=O) groups excluding carboxylic acids is 1. The van der Waals surface area contributed by atoms with Gasteiger partial charge in [-0.05, 0) is 70.0 Å². The van der Waals surface area contributed by atoms with E-state index in [-0.39, 0.29) is 18.2 Å². The first-order valence-corrected chi connectivity index (χ1v) is 13.7. The van der Waals surface area contributed by atoms with Gasteiger partial charge < -0.3 is 14.5 Å². The van der Waals surface area contributed by atoms with Crippen LogP contribution < -0.4 is 4.90 Å². The fraction of sp³-hybridized carbons (Fsp3) is 0.312. The molecule has 6 rings (SSSR count). The van der Waals surface area contributed by atoms with Crippen LogP contribution in [0.3, 0.4) is 0 Å². The number of amides is 1. The second-order valence-corrected chi connectivity index (χ2v) is 11.6. The predicted octanol–water partition coefficient (Wildman–Crippen LogP) is 6.45. The lowest BCUT2D eigenvalue weighted by Crippen LogP contribution is -2.58. The molecule has 1 amide bonds. The number of anilines is 1. The Morgan fingerprint density at radius 3 is 2.35 bits per heavy atom. The Kier molecular flexibility index (Phi) is 6.41. The third-order valence-electron chi connectivity index (χ3n) is 7.36. The van der Waals surface area contributed by atoms with Crippen molar-refractivity contribution in [3.8, 4) is 22.3 Å². The zero-order valence-electron chi connectivity index (χ0n) is 23.6. The van der Waals surface area contributed by atoms with Crippen LogP contribution in [0, 0.1) is 0 Å². The zero-order valence-corrected chi connectivity index (χ0v) is 23.6. The maximum atomic E-state index is 12.7. The molecular formula is C32H34N6O2. The van der Waals surface area contributed by atoms with E-state index in [1.165, 1.54) is 0 Å². The molecule has 8 heteroatoms. The SMILES string of the molecule is C[C@@H]1CN(C(=O)OC(C)(C)C)C[C@H](C)N1c1ccc(-c2cnc3c(-c4cccc5ncccc45)cnn3c2)cc1. The van der Waals surface area contributed by atoms with Crippen LogP contribution in [-0.4, -0.2) is 61.3 Å². The normalized spacial score (nSPS) is 17.9. The van der Waals surface area contributed by atoms with Gasteiger partial charge in [0.15, 0.2) is 5.65 Å². The molecule has 40 heavy (non-hydrogen) atoms. The highest BCUT2D eigenvalue weighted by atomic mass is 16.6. The van der Waals surface area contributed by atoms with Crippen molar-refractivity contribution in [1.29, 1.82) is 0 Å². The van der Waals surface area contributed by atoms with Gasteiger partial charge >= 0.3 is 6.09 Å². The van der Waals surface area contributed by atoms with Crippen LogP contribution in [0.1, 0.15) is 34.6 Å². The predicted molar refractivity (Wildman–Crippen MR) is 158 cm³/mol. The van der Waals surface area contributed by atoms with Gasteiger partial charge in [0, 0.05) is 66.0 Å². The van der Waals surface area contributed by atoms with Crippen LogP contribution in [0.2, 0.25) is 0 Å². The first-order chi connectivity index (χ1) is 19.2. The van der Waals surface area contributed by atoms with Crippen molar-refractivity contribution in [3.05, 3.63) is 79.4 Å². The number of hydrogen-bond acceptors (Lipinski definition) is 6. The molecule has 8 nitrogen and oxygen atoms in total. The third kappa shape index (κ3) is 4.85. The summed E-state index contributed by atoms with van der Waals surface area (Å²) in [6.45, 7) is 11.2. The fourth-order valence-electron chi connectivity index (χ4n) is 5.69. The van der Waals surface area contributed by atoms with Crippen LogP contribution in [0.4, 0.5) is 10.5 Å². The second kappa shape index (κ2) is 9.93. The monoisotopic (exact) mass is 534 g/mol. The molecule has 1 fully saturated rings. The van der Waals surface area contributed by atoms with Crippen LogP contribution >= 0.6 is 0 Å². The molecule has 0 unspecified atom stereocenters. The van der Waals surface area contributed by atoms with Gasteiger partial charge in [-0.2, -0.15) is 5.10 Å². The van der Waals surface area contributed by atoms with Crippen molar-refractivity contribution in [1.82, 2.24) is 24.5 Å². The summed E-state index contributed by atoms with van der Waals surface area (Å²) in [5.74, 6) is 0. The van der Waals surface area contributed by atoms with E-state index in [9.17, 15) is 4.79 Å². The average molecular weight is 535 g/mol. The smallest absolute Gasteiger partial charge is 0.410 e. The van der Waals surface area contributed by atoms with E-state index in [0.29, 0.717) is 13.1 Å². The summed E-state index contributed by atoms with van der Waals surface area (Å²) in [6, 6.07) is 19.0. The Morgan fingerprint density at radius 1 is 0.875 bits per heavy atom. The molecule has 0 radical (unpaired) electrons. The van der Waals surface area contributed by atoms with E-state index in [1.54, 1.807) is 0 Å². The van der Waals surface area contributed by atoms with Crippen molar-refractivity contribution < 1.29 is 9.53 Å². The van der Waals surface area contributed by atoms with Gasteiger partial charge in [-0.15, -0.1) is 0 Å². The van der Waals surface area contributed by atoms with E-state index >= 15 is 0 Å². The van der Waals surface area contributed by atoms with Crippen LogP contribution in [0.15, 0.2) is 79.4 Å². The number of fused-ring (bicyclic) bond motifs is 2. The van der Waals surface area contributed by atoms with Crippen molar-refractivity contribution in [3.63, 3.8) is 0 Å². The van der Waals surface area contributed by atoms with Crippen molar-refractivity contribution in [2.24, 2.45) is 0 Å². The molecular weight excluding hydrogens is 500 g/mol. The minimum atomic E-state index is -0.500. The summed E-state index contributed by atoms with van der Waals surface area (Å²) in [5, 5.41) is 5.71. The largest absolute Gasteiger partial charge is 0.444 e. The topological polar surface area (TPSA) is 75.9 Å². The average Bonchev–Trinajstić information content (AvgIpc) is 3.35. The fourth-order valence-corrected chi connectivity index (χ4v) is 5.69. The first-order valence-electron chi connectivity index (χ1n) is 13.7. The van der Waals surface area contributed by atoms with Crippen molar-refractivity contribution >= 4 is 28.3 Å². The highest BCUT2D eigenvalue weighted by molar-refractivity contribution is 5.97. The van der Waals surface area contributed by atoms with Crippen molar-refractivity contribution in [2.45, 2.75) is 52.3 Å². The number of carbonyl (C=O) groups is 1.